The van der Waals surface area contributed by atoms with Crippen molar-refractivity contribution in [2.45, 2.75) is 38.1 Å². The Labute approximate surface area is 102 Å². The molecule has 0 aliphatic carbocycles. The highest BCUT2D eigenvalue weighted by molar-refractivity contribution is 6.30. The molecule has 0 aliphatic rings. The molecular formula is C12H17Cl2N. The summed E-state index contributed by atoms with van der Waals surface area (Å²) in [6, 6.07) is 7.95. The van der Waals surface area contributed by atoms with E-state index < -0.39 is 0 Å². The molecule has 1 rings (SSSR count). The van der Waals surface area contributed by atoms with E-state index in [0.29, 0.717) is 0 Å². The van der Waals surface area contributed by atoms with Gasteiger partial charge in [0.2, 0.25) is 0 Å². The number of alkyl halides is 1. The van der Waals surface area contributed by atoms with Crippen molar-refractivity contribution in [3.63, 3.8) is 0 Å². The lowest BCUT2D eigenvalue weighted by molar-refractivity contribution is 0.654. The summed E-state index contributed by atoms with van der Waals surface area (Å²) in [6.45, 7) is 4.24. The molecule has 0 amide bonds. The fourth-order valence-electron chi connectivity index (χ4n) is 1.43. The predicted octanol–water partition coefficient (Wildman–Crippen LogP) is 4.55. The number of rotatable bonds is 5. The number of halogens is 2. The first-order valence-electron chi connectivity index (χ1n) is 5.29. The van der Waals surface area contributed by atoms with Crippen LogP contribution in [-0.4, -0.2) is 11.4 Å². The molecule has 0 fully saturated rings. The summed E-state index contributed by atoms with van der Waals surface area (Å²) in [7, 11) is 0. The second kappa shape index (κ2) is 6.24. The van der Waals surface area contributed by atoms with Crippen LogP contribution in [0.3, 0.4) is 0 Å². The zero-order valence-electron chi connectivity index (χ0n) is 9.13. The lowest BCUT2D eigenvalue weighted by Gasteiger charge is -2.20. The minimum atomic E-state index is 0.172. The number of hydrogen-bond donors (Lipinski definition) is 1. The van der Waals surface area contributed by atoms with E-state index in [-0.39, 0.29) is 11.4 Å². The van der Waals surface area contributed by atoms with Crippen molar-refractivity contribution in [2.75, 3.05) is 5.32 Å². The molecule has 0 aliphatic heterocycles. The van der Waals surface area contributed by atoms with Crippen molar-refractivity contribution in [2.24, 2.45) is 0 Å². The highest BCUT2D eigenvalue weighted by Crippen LogP contribution is 2.18. The monoisotopic (exact) mass is 245 g/mol. The van der Waals surface area contributed by atoms with Gasteiger partial charge in [0.25, 0.3) is 0 Å². The Bertz CT molecular complexity index is 284. The van der Waals surface area contributed by atoms with Gasteiger partial charge in [-0.15, -0.1) is 11.6 Å². The lowest BCUT2D eigenvalue weighted by atomic mass is 10.1. The maximum absolute atomic E-state index is 6.22. The Morgan fingerprint density at radius 3 is 2.40 bits per heavy atom. The molecule has 0 aromatic heterocycles. The maximum atomic E-state index is 6.22. The second-order valence-electron chi connectivity index (χ2n) is 3.74. The zero-order chi connectivity index (χ0) is 11.3. The van der Waals surface area contributed by atoms with Crippen LogP contribution in [0.2, 0.25) is 5.02 Å². The normalized spacial score (nSPS) is 14.7. The first-order valence-corrected chi connectivity index (χ1v) is 6.11. The van der Waals surface area contributed by atoms with Gasteiger partial charge in [0.05, 0.1) is 5.38 Å². The number of benzene rings is 1. The second-order valence-corrected chi connectivity index (χ2v) is 4.74. The van der Waals surface area contributed by atoms with Gasteiger partial charge in [-0.05, 0) is 37.6 Å². The van der Waals surface area contributed by atoms with Crippen LogP contribution < -0.4 is 5.32 Å². The Balaban J connectivity index is 2.50. The van der Waals surface area contributed by atoms with E-state index in [9.17, 15) is 0 Å². The van der Waals surface area contributed by atoms with Gasteiger partial charge >= 0.3 is 0 Å². The molecule has 1 nitrogen and oxygen atoms in total. The molecule has 2 unspecified atom stereocenters. The average Bonchev–Trinajstić information content (AvgIpc) is 2.22. The third-order valence-electron chi connectivity index (χ3n) is 2.35. The number of anilines is 1. The fourth-order valence-corrected chi connectivity index (χ4v) is 1.83. The molecular weight excluding hydrogens is 229 g/mol. The Morgan fingerprint density at radius 2 is 1.87 bits per heavy atom. The fraction of sp³-hybridized carbons (Fsp3) is 0.500. The summed E-state index contributed by atoms with van der Waals surface area (Å²) in [5.74, 6) is 0. The molecule has 1 aromatic carbocycles. The van der Waals surface area contributed by atoms with Gasteiger partial charge in [-0.2, -0.15) is 0 Å². The minimum absolute atomic E-state index is 0.172. The van der Waals surface area contributed by atoms with E-state index >= 15 is 0 Å². The SMILES string of the molecule is CCCC(Cl)C(C)Nc1ccc(Cl)cc1. The first kappa shape index (κ1) is 12.7. The highest BCUT2D eigenvalue weighted by atomic mass is 35.5. The summed E-state index contributed by atoms with van der Waals surface area (Å²) in [4.78, 5) is 0. The topological polar surface area (TPSA) is 12.0 Å². The molecule has 15 heavy (non-hydrogen) atoms. The van der Waals surface area contributed by atoms with E-state index in [0.717, 1.165) is 23.6 Å². The molecule has 2 atom stereocenters. The van der Waals surface area contributed by atoms with Crippen LogP contribution in [0.15, 0.2) is 24.3 Å². The van der Waals surface area contributed by atoms with Gasteiger partial charge in [-0.3, -0.25) is 0 Å². The molecule has 3 heteroatoms. The summed E-state index contributed by atoms with van der Waals surface area (Å²) in [6.07, 6.45) is 2.14. The summed E-state index contributed by atoms with van der Waals surface area (Å²) in [5.41, 5.74) is 1.06. The summed E-state index contributed by atoms with van der Waals surface area (Å²) in [5, 5.41) is 4.29. The van der Waals surface area contributed by atoms with Gasteiger partial charge in [0.15, 0.2) is 0 Å². The Kier molecular flexibility index (Phi) is 5.27. The van der Waals surface area contributed by atoms with Gasteiger partial charge in [0, 0.05) is 16.8 Å². The maximum Gasteiger partial charge on any atom is 0.0534 e. The predicted molar refractivity (Wildman–Crippen MR) is 69.1 cm³/mol. The molecule has 1 aromatic rings. The van der Waals surface area contributed by atoms with E-state index in [1.54, 1.807) is 0 Å². The molecule has 0 saturated carbocycles. The molecule has 0 heterocycles. The Hall–Kier alpha value is -0.400. The smallest absolute Gasteiger partial charge is 0.0534 e. The van der Waals surface area contributed by atoms with E-state index in [4.69, 9.17) is 23.2 Å². The molecule has 0 spiro atoms. The quantitative estimate of drug-likeness (QED) is 0.751. The van der Waals surface area contributed by atoms with Crippen LogP contribution in [0, 0.1) is 0 Å². The van der Waals surface area contributed by atoms with Crippen molar-refractivity contribution in [1.29, 1.82) is 0 Å². The number of nitrogens with one attached hydrogen (secondary N) is 1. The van der Waals surface area contributed by atoms with Crippen LogP contribution in [0.5, 0.6) is 0 Å². The van der Waals surface area contributed by atoms with Crippen LogP contribution in [0.4, 0.5) is 5.69 Å². The molecule has 84 valence electrons. The van der Waals surface area contributed by atoms with Crippen LogP contribution >= 0.6 is 23.2 Å². The third-order valence-corrected chi connectivity index (χ3v) is 3.19. The van der Waals surface area contributed by atoms with E-state index in [1.165, 1.54) is 0 Å². The van der Waals surface area contributed by atoms with Gasteiger partial charge in [-0.25, -0.2) is 0 Å². The van der Waals surface area contributed by atoms with Crippen molar-refractivity contribution in [3.8, 4) is 0 Å². The van der Waals surface area contributed by atoms with Crippen LogP contribution in [0.25, 0.3) is 0 Å². The van der Waals surface area contributed by atoms with Crippen LogP contribution in [-0.2, 0) is 0 Å². The first-order chi connectivity index (χ1) is 7.13. The van der Waals surface area contributed by atoms with Gasteiger partial charge < -0.3 is 5.32 Å². The number of hydrogen-bond acceptors (Lipinski definition) is 1. The zero-order valence-corrected chi connectivity index (χ0v) is 10.6. The van der Waals surface area contributed by atoms with Crippen molar-refractivity contribution >= 4 is 28.9 Å². The van der Waals surface area contributed by atoms with Crippen LogP contribution in [0.1, 0.15) is 26.7 Å². The highest BCUT2D eigenvalue weighted by Gasteiger charge is 2.12. The minimum Gasteiger partial charge on any atom is -0.381 e. The van der Waals surface area contributed by atoms with Crippen molar-refractivity contribution in [1.82, 2.24) is 0 Å². The van der Waals surface area contributed by atoms with Crippen molar-refractivity contribution in [3.05, 3.63) is 29.3 Å². The Morgan fingerprint density at radius 1 is 1.27 bits per heavy atom. The van der Waals surface area contributed by atoms with E-state index in [2.05, 4.69) is 19.2 Å². The van der Waals surface area contributed by atoms with Gasteiger partial charge in [0.1, 0.15) is 0 Å². The summed E-state index contributed by atoms with van der Waals surface area (Å²) >= 11 is 12.0. The standard InChI is InChI=1S/C12H17Cl2N/c1-3-4-12(14)9(2)15-11-7-5-10(13)6-8-11/h5-9,12,15H,3-4H2,1-2H3. The average molecular weight is 246 g/mol. The van der Waals surface area contributed by atoms with E-state index in [1.807, 2.05) is 24.3 Å². The largest absolute Gasteiger partial charge is 0.381 e. The van der Waals surface area contributed by atoms with Crippen molar-refractivity contribution < 1.29 is 0 Å². The summed E-state index contributed by atoms with van der Waals surface area (Å²) < 4.78 is 0. The molecule has 1 N–H and O–H groups in total. The lowest BCUT2D eigenvalue weighted by Crippen LogP contribution is -2.26. The third kappa shape index (κ3) is 4.31. The molecule has 0 radical (unpaired) electrons. The molecule has 0 saturated heterocycles. The van der Waals surface area contributed by atoms with Gasteiger partial charge in [-0.1, -0.05) is 24.9 Å². The molecule has 0 bridgehead atoms.